The lowest BCUT2D eigenvalue weighted by Crippen LogP contribution is -2.29. The molecule has 2 N–H and O–H groups in total. The van der Waals surface area contributed by atoms with Gasteiger partial charge in [-0.15, -0.1) is 0 Å². The van der Waals surface area contributed by atoms with Crippen LogP contribution in [0.1, 0.15) is 27.0 Å². The topological polar surface area (TPSA) is 54.0 Å². The lowest BCUT2D eigenvalue weighted by atomic mass is 9.95. The SMILES string of the molecule is O=C(NCc1cccnc1)c1cccc2c1CCNC2. The number of nitrogens with one attached hydrogen (secondary N) is 2. The van der Waals surface area contributed by atoms with Gasteiger partial charge < -0.3 is 10.6 Å². The Bertz CT molecular complexity index is 610. The number of carbonyl (C=O) groups is 1. The number of hydrogen-bond acceptors (Lipinski definition) is 3. The highest BCUT2D eigenvalue weighted by Gasteiger charge is 2.16. The molecule has 0 bridgehead atoms. The molecule has 2 heterocycles. The average Bonchev–Trinajstić information content (AvgIpc) is 2.53. The highest BCUT2D eigenvalue weighted by Crippen LogP contribution is 2.18. The summed E-state index contributed by atoms with van der Waals surface area (Å²) in [4.78, 5) is 16.4. The lowest BCUT2D eigenvalue weighted by molar-refractivity contribution is 0.0949. The van der Waals surface area contributed by atoms with Crippen molar-refractivity contribution in [2.75, 3.05) is 6.54 Å². The van der Waals surface area contributed by atoms with Crippen LogP contribution in [0.2, 0.25) is 0 Å². The fraction of sp³-hybridized carbons (Fsp3) is 0.250. The number of pyridine rings is 1. The van der Waals surface area contributed by atoms with Gasteiger partial charge in [-0.3, -0.25) is 9.78 Å². The molecular weight excluding hydrogens is 250 g/mol. The van der Waals surface area contributed by atoms with Crippen LogP contribution in [0.5, 0.6) is 0 Å². The number of carbonyl (C=O) groups excluding carboxylic acids is 1. The molecule has 0 unspecified atom stereocenters. The Hall–Kier alpha value is -2.20. The van der Waals surface area contributed by atoms with Crippen molar-refractivity contribution in [2.24, 2.45) is 0 Å². The summed E-state index contributed by atoms with van der Waals surface area (Å²) < 4.78 is 0. The molecule has 1 amide bonds. The Morgan fingerprint density at radius 1 is 1.30 bits per heavy atom. The molecule has 1 aliphatic rings. The Morgan fingerprint density at radius 3 is 3.10 bits per heavy atom. The number of amides is 1. The van der Waals surface area contributed by atoms with E-state index in [1.807, 2.05) is 24.3 Å². The molecule has 2 aromatic rings. The zero-order valence-electron chi connectivity index (χ0n) is 11.2. The first-order valence-corrected chi connectivity index (χ1v) is 6.83. The maximum atomic E-state index is 12.3. The third-order valence-electron chi connectivity index (χ3n) is 3.56. The summed E-state index contributed by atoms with van der Waals surface area (Å²) >= 11 is 0. The van der Waals surface area contributed by atoms with Crippen LogP contribution in [0.25, 0.3) is 0 Å². The summed E-state index contributed by atoms with van der Waals surface area (Å²) in [6.07, 6.45) is 4.41. The van der Waals surface area contributed by atoms with Gasteiger partial charge in [0.25, 0.3) is 5.91 Å². The minimum atomic E-state index is -0.00685. The van der Waals surface area contributed by atoms with Gasteiger partial charge in [-0.1, -0.05) is 18.2 Å². The minimum Gasteiger partial charge on any atom is -0.348 e. The number of rotatable bonds is 3. The van der Waals surface area contributed by atoms with Crippen LogP contribution in [0, 0.1) is 0 Å². The van der Waals surface area contributed by atoms with Crippen molar-refractivity contribution in [3.05, 3.63) is 65.0 Å². The largest absolute Gasteiger partial charge is 0.348 e. The maximum absolute atomic E-state index is 12.3. The van der Waals surface area contributed by atoms with Crippen molar-refractivity contribution in [2.45, 2.75) is 19.5 Å². The van der Waals surface area contributed by atoms with Crippen molar-refractivity contribution in [1.82, 2.24) is 15.6 Å². The second kappa shape index (κ2) is 5.84. The number of aromatic nitrogens is 1. The Kier molecular flexibility index (Phi) is 3.74. The molecule has 0 saturated carbocycles. The first-order chi connectivity index (χ1) is 9.84. The van der Waals surface area contributed by atoms with Crippen LogP contribution in [0.4, 0.5) is 0 Å². The van der Waals surface area contributed by atoms with Crippen LogP contribution in [-0.4, -0.2) is 17.4 Å². The van der Waals surface area contributed by atoms with E-state index in [0.717, 1.165) is 30.6 Å². The van der Waals surface area contributed by atoms with Gasteiger partial charge in [-0.25, -0.2) is 0 Å². The number of fused-ring (bicyclic) bond motifs is 1. The summed E-state index contributed by atoms with van der Waals surface area (Å²) in [7, 11) is 0. The average molecular weight is 267 g/mol. The predicted molar refractivity (Wildman–Crippen MR) is 77.3 cm³/mol. The number of hydrogen-bond donors (Lipinski definition) is 2. The van der Waals surface area contributed by atoms with Gasteiger partial charge in [0.05, 0.1) is 0 Å². The zero-order valence-corrected chi connectivity index (χ0v) is 11.2. The van der Waals surface area contributed by atoms with Crippen molar-refractivity contribution < 1.29 is 4.79 Å². The van der Waals surface area contributed by atoms with Gasteiger partial charge in [-0.05, 0) is 41.8 Å². The van der Waals surface area contributed by atoms with Crippen molar-refractivity contribution >= 4 is 5.91 Å². The van der Waals surface area contributed by atoms with Gasteiger partial charge in [0.1, 0.15) is 0 Å². The Labute approximate surface area is 118 Å². The monoisotopic (exact) mass is 267 g/mol. The van der Waals surface area contributed by atoms with Crippen molar-refractivity contribution in [3.8, 4) is 0 Å². The third-order valence-corrected chi connectivity index (χ3v) is 3.56. The van der Waals surface area contributed by atoms with E-state index < -0.39 is 0 Å². The quantitative estimate of drug-likeness (QED) is 0.889. The minimum absolute atomic E-state index is 0.00685. The van der Waals surface area contributed by atoms with E-state index in [9.17, 15) is 4.79 Å². The molecule has 0 fully saturated rings. The fourth-order valence-corrected chi connectivity index (χ4v) is 2.52. The third kappa shape index (κ3) is 2.70. The normalized spacial score (nSPS) is 13.6. The van der Waals surface area contributed by atoms with Crippen LogP contribution in [0.15, 0.2) is 42.7 Å². The smallest absolute Gasteiger partial charge is 0.251 e. The standard InChI is InChI=1S/C16H17N3O/c20-16(19-10-12-3-2-7-17-9-12)15-5-1-4-13-11-18-8-6-14(13)15/h1-5,7,9,18H,6,8,10-11H2,(H,19,20). The molecule has 4 nitrogen and oxygen atoms in total. The number of nitrogens with zero attached hydrogens (tertiary/aromatic N) is 1. The second-order valence-corrected chi connectivity index (χ2v) is 4.91. The van der Waals surface area contributed by atoms with Gasteiger partial charge in [0, 0.05) is 31.0 Å². The molecule has 1 aromatic carbocycles. The van der Waals surface area contributed by atoms with E-state index in [1.54, 1.807) is 12.4 Å². The van der Waals surface area contributed by atoms with Gasteiger partial charge >= 0.3 is 0 Å². The lowest BCUT2D eigenvalue weighted by Gasteiger charge is -2.19. The molecular formula is C16H17N3O. The van der Waals surface area contributed by atoms with E-state index in [-0.39, 0.29) is 5.91 Å². The zero-order chi connectivity index (χ0) is 13.8. The molecule has 3 rings (SSSR count). The Balaban J connectivity index is 1.74. The van der Waals surface area contributed by atoms with Crippen LogP contribution in [0.3, 0.4) is 0 Å². The van der Waals surface area contributed by atoms with Crippen LogP contribution in [-0.2, 0) is 19.5 Å². The summed E-state index contributed by atoms with van der Waals surface area (Å²) in [6, 6.07) is 9.77. The molecule has 0 aliphatic carbocycles. The van der Waals surface area contributed by atoms with Crippen LogP contribution < -0.4 is 10.6 Å². The second-order valence-electron chi connectivity index (χ2n) is 4.91. The summed E-state index contributed by atoms with van der Waals surface area (Å²) in [6.45, 7) is 2.29. The fourth-order valence-electron chi connectivity index (χ4n) is 2.52. The van der Waals surface area contributed by atoms with Gasteiger partial charge in [0.15, 0.2) is 0 Å². The van der Waals surface area contributed by atoms with Gasteiger partial charge in [-0.2, -0.15) is 0 Å². The first-order valence-electron chi connectivity index (χ1n) is 6.83. The van der Waals surface area contributed by atoms with Crippen molar-refractivity contribution in [1.29, 1.82) is 0 Å². The van der Waals surface area contributed by atoms with Crippen molar-refractivity contribution in [3.63, 3.8) is 0 Å². The van der Waals surface area contributed by atoms with Crippen LogP contribution >= 0.6 is 0 Å². The van der Waals surface area contributed by atoms with E-state index in [1.165, 1.54) is 11.1 Å². The highest BCUT2D eigenvalue weighted by molar-refractivity contribution is 5.96. The summed E-state index contributed by atoms with van der Waals surface area (Å²) in [5.74, 6) is -0.00685. The summed E-state index contributed by atoms with van der Waals surface area (Å²) in [5.41, 5.74) is 4.21. The Morgan fingerprint density at radius 2 is 2.25 bits per heavy atom. The molecule has 0 saturated heterocycles. The van der Waals surface area contributed by atoms with E-state index in [2.05, 4.69) is 21.7 Å². The molecule has 20 heavy (non-hydrogen) atoms. The van der Waals surface area contributed by atoms with E-state index in [4.69, 9.17) is 0 Å². The molecule has 0 radical (unpaired) electrons. The molecule has 0 spiro atoms. The van der Waals surface area contributed by atoms with E-state index in [0.29, 0.717) is 6.54 Å². The van der Waals surface area contributed by atoms with Gasteiger partial charge in [0.2, 0.25) is 0 Å². The molecule has 102 valence electrons. The highest BCUT2D eigenvalue weighted by atomic mass is 16.1. The molecule has 1 aliphatic heterocycles. The number of benzene rings is 1. The first kappa shape index (κ1) is 12.8. The maximum Gasteiger partial charge on any atom is 0.251 e. The van der Waals surface area contributed by atoms with E-state index >= 15 is 0 Å². The molecule has 1 aromatic heterocycles. The molecule has 0 atom stereocenters. The summed E-state index contributed by atoms with van der Waals surface area (Å²) in [5, 5.41) is 6.29. The predicted octanol–water partition coefficient (Wildman–Crippen LogP) is 1.66. The molecule has 4 heteroatoms.